The molecular formula is C30H39F3N4O. The molecule has 1 aromatic carbocycles. The van der Waals surface area contributed by atoms with Gasteiger partial charge in [-0.15, -0.1) is 0 Å². The lowest BCUT2D eigenvalue weighted by Gasteiger charge is -2.28. The van der Waals surface area contributed by atoms with Crippen LogP contribution in [-0.4, -0.2) is 34.7 Å². The van der Waals surface area contributed by atoms with Crippen LogP contribution in [0.15, 0.2) is 30.8 Å². The summed E-state index contributed by atoms with van der Waals surface area (Å²) in [5.74, 6) is 0.676. The Morgan fingerprint density at radius 1 is 1.00 bits per heavy atom. The van der Waals surface area contributed by atoms with Crippen LogP contribution in [-0.2, 0) is 4.79 Å². The molecule has 38 heavy (non-hydrogen) atoms. The van der Waals surface area contributed by atoms with E-state index in [0.717, 1.165) is 57.1 Å². The van der Waals surface area contributed by atoms with E-state index in [1.807, 2.05) is 12.1 Å². The standard InChI is InChI=1S/C30H39F3N4O/c1-19(30(31,32)33)27-23-11-8-12-25(34-21-9-6-4-3-5-7-10-21)24(23)17-26(36-27)37-29(2)16-15-22(18-29)35-28(38)20-13-14-20/h8,11-12,17,20-22,34H,1,3-7,9-10,13-16,18H2,2H3,(H,35,38)(H,36,37)/t22-,29?/m0/s1. The van der Waals surface area contributed by atoms with Gasteiger partial charge < -0.3 is 16.0 Å². The molecular weight excluding hydrogens is 489 g/mol. The summed E-state index contributed by atoms with van der Waals surface area (Å²) in [6.07, 6.45) is 7.79. The lowest BCUT2D eigenvalue weighted by molar-refractivity contribution is -0.123. The Labute approximate surface area is 223 Å². The molecule has 0 bridgehead atoms. The summed E-state index contributed by atoms with van der Waals surface area (Å²) in [6.45, 7) is 5.44. The fraction of sp³-hybridized carbons (Fsp3) is 0.600. The average Bonchev–Trinajstić information content (AvgIpc) is 3.63. The highest BCUT2D eigenvalue weighted by atomic mass is 19.4. The molecule has 206 valence electrons. The van der Waals surface area contributed by atoms with E-state index >= 15 is 0 Å². The van der Waals surface area contributed by atoms with E-state index in [1.165, 1.54) is 19.3 Å². The van der Waals surface area contributed by atoms with Crippen LogP contribution in [0, 0.1) is 5.92 Å². The van der Waals surface area contributed by atoms with Crippen LogP contribution in [0.1, 0.15) is 89.7 Å². The van der Waals surface area contributed by atoms with Crippen LogP contribution < -0.4 is 16.0 Å². The minimum Gasteiger partial charge on any atom is -0.382 e. The van der Waals surface area contributed by atoms with Gasteiger partial charge in [-0.1, -0.05) is 50.8 Å². The molecule has 0 aliphatic heterocycles. The smallest absolute Gasteiger partial charge is 0.382 e. The van der Waals surface area contributed by atoms with Crippen molar-refractivity contribution in [3.63, 3.8) is 0 Å². The number of amides is 1. The normalized spacial score (nSPS) is 25.0. The van der Waals surface area contributed by atoms with Gasteiger partial charge in [0.25, 0.3) is 0 Å². The third kappa shape index (κ3) is 6.26. The Kier molecular flexibility index (Phi) is 7.60. The van der Waals surface area contributed by atoms with E-state index in [4.69, 9.17) is 0 Å². The van der Waals surface area contributed by atoms with Crippen molar-refractivity contribution in [2.75, 3.05) is 10.6 Å². The van der Waals surface area contributed by atoms with Crippen molar-refractivity contribution in [3.8, 4) is 0 Å². The number of nitrogens with one attached hydrogen (secondary N) is 3. The second kappa shape index (κ2) is 10.8. The van der Waals surface area contributed by atoms with Gasteiger partial charge in [-0.25, -0.2) is 4.98 Å². The number of pyridine rings is 1. The van der Waals surface area contributed by atoms with Crippen LogP contribution in [0.25, 0.3) is 16.3 Å². The first-order chi connectivity index (χ1) is 18.1. The second-order valence-electron chi connectivity index (χ2n) is 11.8. The van der Waals surface area contributed by atoms with Crippen molar-refractivity contribution >= 4 is 33.8 Å². The van der Waals surface area contributed by atoms with Gasteiger partial charge in [0.05, 0.1) is 11.3 Å². The quantitative estimate of drug-likeness (QED) is 0.347. The van der Waals surface area contributed by atoms with Crippen molar-refractivity contribution < 1.29 is 18.0 Å². The van der Waals surface area contributed by atoms with Gasteiger partial charge in [0.2, 0.25) is 5.91 Å². The predicted molar refractivity (Wildman–Crippen MR) is 147 cm³/mol. The highest BCUT2D eigenvalue weighted by molar-refractivity contribution is 6.01. The third-order valence-electron chi connectivity index (χ3n) is 8.43. The number of benzene rings is 1. The Morgan fingerprint density at radius 2 is 1.71 bits per heavy atom. The summed E-state index contributed by atoms with van der Waals surface area (Å²) in [6, 6.07) is 7.66. The van der Waals surface area contributed by atoms with E-state index in [-0.39, 0.29) is 29.1 Å². The first kappa shape index (κ1) is 26.8. The molecule has 2 atom stereocenters. The van der Waals surface area contributed by atoms with Crippen LogP contribution in [0.3, 0.4) is 0 Å². The maximum absolute atomic E-state index is 13.9. The van der Waals surface area contributed by atoms with E-state index in [9.17, 15) is 18.0 Å². The highest BCUT2D eigenvalue weighted by Crippen LogP contribution is 2.40. The monoisotopic (exact) mass is 528 g/mol. The minimum absolute atomic E-state index is 0.0576. The Bertz CT molecular complexity index is 1180. The number of aromatic nitrogens is 1. The number of hydrogen-bond donors (Lipinski definition) is 3. The van der Waals surface area contributed by atoms with Crippen molar-refractivity contribution in [1.29, 1.82) is 0 Å². The number of allylic oxidation sites excluding steroid dienone is 1. The zero-order valence-corrected chi connectivity index (χ0v) is 22.2. The number of fused-ring (bicyclic) bond motifs is 1. The summed E-state index contributed by atoms with van der Waals surface area (Å²) in [5.41, 5.74) is -0.638. The number of alkyl halides is 3. The molecule has 2 aromatic rings. The van der Waals surface area contributed by atoms with E-state index in [0.29, 0.717) is 29.1 Å². The maximum atomic E-state index is 13.9. The summed E-state index contributed by atoms with van der Waals surface area (Å²) in [5, 5.41) is 11.4. The number of carbonyl (C=O) groups excluding carboxylic acids is 1. The van der Waals surface area contributed by atoms with Crippen molar-refractivity contribution in [2.24, 2.45) is 5.92 Å². The van der Waals surface area contributed by atoms with Gasteiger partial charge in [0.1, 0.15) is 5.82 Å². The first-order valence-corrected chi connectivity index (χ1v) is 14.2. The zero-order valence-electron chi connectivity index (χ0n) is 22.2. The third-order valence-corrected chi connectivity index (χ3v) is 8.43. The predicted octanol–water partition coefficient (Wildman–Crippen LogP) is 7.58. The SMILES string of the molecule is C=C(c1nc(NC2(C)CC[C@H](NC(=O)C3CC3)C2)cc2c(NC3CCCCCCC3)cccc12)C(F)(F)F. The molecule has 5 nitrogen and oxygen atoms in total. The topological polar surface area (TPSA) is 66.0 Å². The Morgan fingerprint density at radius 3 is 2.39 bits per heavy atom. The lowest BCUT2D eigenvalue weighted by atomic mass is 9.95. The second-order valence-corrected chi connectivity index (χ2v) is 11.8. The lowest BCUT2D eigenvalue weighted by Crippen LogP contribution is -2.38. The molecule has 1 heterocycles. The molecule has 3 aliphatic rings. The fourth-order valence-electron chi connectivity index (χ4n) is 6.10. The van der Waals surface area contributed by atoms with Gasteiger partial charge in [-0.2, -0.15) is 13.2 Å². The summed E-state index contributed by atoms with van der Waals surface area (Å²) >= 11 is 0. The molecule has 3 saturated carbocycles. The van der Waals surface area contributed by atoms with Gasteiger partial charge in [-0.3, -0.25) is 4.79 Å². The number of nitrogens with zero attached hydrogens (tertiary/aromatic N) is 1. The molecule has 0 radical (unpaired) electrons. The molecule has 0 spiro atoms. The molecule has 3 aliphatic carbocycles. The number of carbonyl (C=O) groups is 1. The molecule has 3 N–H and O–H groups in total. The van der Waals surface area contributed by atoms with Crippen LogP contribution in [0.4, 0.5) is 24.7 Å². The van der Waals surface area contributed by atoms with E-state index in [2.05, 4.69) is 34.4 Å². The molecule has 1 aromatic heterocycles. The maximum Gasteiger partial charge on any atom is 0.417 e. The number of hydrogen-bond acceptors (Lipinski definition) is 4. The Balaban J connectivity index is 1.44. The van der Waals surface area contributed by atoms with Crippen molar-refractivity contribution in [1.82, 2.24) is 10.3 Å². The number of halogens is 3. The summed E-state index contributed by atoms with van der Waals surface area (Å²) in [7, 11) is 0. The van der Waals surface area contributed by atoms with Gasteiger partial charge in [0.15, 0.2) is 0 Å². The van der Waals surface area contributed by atoms with Gasteiger partial charge in [-0.05, 0) is 64.0 Å². The van der Waals surface area contributed by atoms with Gasteiger partial charge in [0, 0.05) is 40.0 Å². The van der Waals surface area contributed by atoms with Crippen LogP contribution >= 0.6 is 0 Å². The molecule has 8 heteroatoms. The first-order valence-electron chi connectivity index (χ1n) is 14.2. The zero-order chi connectivity index (χ0) is 26.9. The summed E-state index contributed by atoms with van der Waals surface area (Å²) < 4.78 is 41.6. The molecule has 1 unspecified atom stereocenters. The van der Waals surface area contributed by atoms with Crippen LogP contribution in [0.5, 0.6) is 0 Å². The largest absolute Gasteiger partial charge is 0.417 e. The Hall–Kier alpha value is -2.77. The molecule has 5 rings (SSSR count). The van der Waals surface area contributed by atoms with Crippen molar-refractivity contribution in [3.05, 3.63) is 36.5 Å². The number of rotatable bonds is 7. The number of anilines is 2. The minimum atomic E-state index is -4.59. The van der Waals surface area contributed by atoms with E-state index < -0.39 is 11.7 Å². The van der Waals surface area contributed by atoms with Crippen molar-refractivity contribution in [2.45, 2.75) is 108 Å². The average molecular weight is 529 g/mol. The highest BCUT2D eigenvalue weighted by Gasteiger charge is 2.39. The summed E-state index contributed by atoms with van der Waals surface area (Å²) in [4.78, 5) is 16.7. The molecule has 0 saturated heterocycles. The van der Waals surface area contributed by atoms with E-state index in [1.54, 1.807) is 12.1 Å². The van der Waals surface area contributed by atoms with Gasteiger partial charge >= 0.3 is 6.18 Å². The fourth-order valence-corrected chi connectivity index (χ4v) is 6.10. The molecule has 3 fully saturated rings. The molecule has 1 amide bonds. The van der Waals surface area contributed by atoms with Crippen LogP contribution in [0.2, 0.25) is 0 Å².